The third-order valence-corrected chi connectivity index (χ3v) is 6.50. The van der Waals surface area contributed by atoms with Gasteiger partial charge in [-0.2, -0.15) is 0 Å². The fourth-order valence-corrected chi connectivity index (χ4v) is 4.97. The molecule has 1 heteroatoms. The average Bonchev–Trinajstić information content (AvgIpc) is 3.18. The van der Waals surface area contributed by atoms with Crippen LogP contribution in [-0.4, -0.2) is 0 Å². The van der Waals surface area contributed by atoms with Gasteiger partial charge in [0, 0.05) is 12.4 Å². The van der Waals surface area contributed by atoms with E-state index >= 15 is 0 Å². The lowest BCUT2D eigenvalue weighted by Gasteiger charge is -2.24. The Kier molecular flexibility index (Phi) is 6.16. The summed E-state index contributed by atoms with van der Waals surface area (Å²) >= 11 is 0. The largest absolute Gasteiger partial charge is 0.368 e. The van der Waals surface area contributed by atoms with E-state index in [1.54, 1.807) is 5.56 Å². The van der Waals surface area contributed by atoms with Gasteiger partial charge < -0.3 is 5.32 Å². The molecule has 3 aromatic rings. The van der Waals surface area contributed by atoms with Gasteiger partial charge in [-0.25, -0.2) is 0 Å². The highest BCUT2D eigenvalue weighted by Crippen LogP contribution is 2.29. The van der Waals surface area contributed by atoms with Crippen molar-refractivity contribution in [2.45, 2.75) is 31.6 Å². The Balaban J connectivity index is 0.000000265. The summed E-state index contributed by atoms with van der Waals surface area (Å²) in [5.74, 6) is 0.637. The molecule has 3 aliphatic rings. The summed E-state index contributed by atoms with van der Waals surface area (Å²) in [5, 5.41) is 5.89. The molecular formula is C31H29N. The van der Waals surface area contributed by atoms with Crippen LogP contribution in [0.5, 0.6) is 0 Å². The first-order valence-corrected chi connectivity index (χ1v) is 11.6. The monoisotopic (exact) mass is 415 g/mol. The van der Waals surface area contributed by atoms with E-state index in [0.717, 1.165) is 12.8 Å². The number of benzene rings is 3. The molecule has 1 nitrogen and oxygen atoms in total. The molecule has 0 fully saturated rings. The standard InChI is InChI=1S/C25H22.C6H7N/c1-2-7-18(8-3-1)17-20-10-6-12-23-22(20)15-16-24-21-11-5-4-9-19(21)13-14-25(23)24;1-2-4-6-7-5-3-1/h1-5,7-9,11-12,14-16,20H,6,10,13,17H2;1-7H. The van der Waals surface area contributed by atoms with E-state index in [1.807, 2.05) is 36.7 Å². The Labute approximate surface area is 190 Å². The number of rotatable bonds is 2. The zero-order chi connectivity index (χ0) is 21.6. The van der Waals surface area contributed by atoms with Gasteiger partial charge in [0.25, 0.3) is 0 Å². The Hall–Kier alpha value is -3.58. The van der Waals surface area contributed by atoms with E-state index in [4.69, 9.17) is 0 Å². The summed E-state index contributed by atoms with van der Waals surface area (Å²) in [6.45, 7) is 0. The minimum Gasteiger partial charge on any atom is -0.368 e. The fraction of sp³-hybridized carbons (Fsp3) is 0.161. The second-order valence-electron chi connectivity index (χ2n) is 8.53. The highest BCUT2D eigenvalue weighted by atomic mass is 14.8. The van der Waals surface area contributed by atoms with Gasteiger partial charge in [-0.1, -0.05) is 91.0 Å². The quantitative estimate of drug-likeness (QED) is 0.561. The van der Waals surface area contributed by atoms with Crippen molar-refractivity contribution in [1.29, 1.82) is 0 Å². The number of nitrogens with one attached hydrogen (secondary N) is 1. The molecule has 0 aromatic heterocycles. The van der Waals surface area contributed by atoms with Gasteiger partial charge in [0.2, 0.25) is 0 Å². The predicted octanol–water partition coefficient (Wildman–Crippen LogP) is 5.76. The first-order chi connectivity index (χ1) is 15.9. The van der Waals surface area contributed by atoms with Crippen LogP contribution in [0.15, 0.2) is 103 Å². The van der Waals surface area contributed by atoms with Crippen molar-refractivity contribution >= 4 is 12.2 Å². The smallest absolute Gasteiger partial charge is 0.000442 e. The van der Waals surface area contributed by atoms with Gasteiger partial charge in [-0.3, -0.25) is 0 Å². The molecule has 158 valence electrons. The Bertz CT molecular complexity index is 1280. The van der Waals surface area contributed by atoms with Gasteiger partial charge in [-0.05, 0) is 82.0 Å². The van der Waals surface area contributed by atoms with Crippen molar-refractivity contribution in [1.82, 2.24) is 5.32 Å². The zero-order valence-electron chi connectivity index (χ0n) is 18.4. The molecule has 2 aliphatic carbocycles. The summed E-state index contributed by atoms with van der Waals surface area (Å²) in [6.07, 6.45) is 21.1. The second kappa shape index (κ2) is 9.70. The molecule has 32 heavy (non-hydrogen) atoms. The van der Waals surface area contributed by atoms with Crippen LogP contribution in [0.1, 0.15) is 35.4 Å². The maximum Gasteiger partial charge on any atom is 0.000442 e. The lowest BCUT2D eigenvalue weighted by Crippen LogP contribution is -2.35. The van der Waals surface area contributed by atoms with Crippen molar-refractivity contribution in [3.8, 4) is 11.1 Å². The third kappa shape index (κ3) is 4.38. The lowest BCUT2D eigenvalue weighted by molar-refractivity contribution is 0.621. The highest BCUT2D eigenvalue weighted by molar-refractivity contribution is 5.74. The molecule has 6 rings (SSSR count). The molecule has 0 radical (unpaired) electrons. The van der Waals surface area contributed by atoms with Crippen LogP contribution in [0.2, 0.25) is 0 Å². The van der Waals surface area contributed by atoms with E-state index in [0.29, 0.717) is 5.92 Å². The highest BCUT2D eigenvalue weighted by Gasteiger charge is 2.20. The Morgan fingerprint density at radius 1 is 0.688 bits per heavy atom. The van der Waals surface area contributed by atoms with Crippen molar-refractivity contribution in [3.63, 3.8) is 0 Å². The van der Waals surface area contributed by atoms with Crippen LogP contribution in [0.25, 0.3) is 23.3 Å². The second-order valence-corrected chi connectivity index (χ2v) is 8.53. The first-order valence-electron chi connectivity index (χ1n) is 11.6. The average molecular weight is 416 g/mol. The molecular weight excluding hydrogens is 386 g/mol. The van der Waals surface area contributed by atoms with Gasteiger partial charge in [0.15, 0.2) is 0 Å². The SMILES string of the molecule is C1=CC=CNC=C1.C1=c2c(ccc3c2=CCCC3Cc2ccccc2)-c2ccccc2C1. The summed E-state index contributed by atoms with van der Waals surface area (Å²) < 4.78 is 0. The minimum absolute atomic E-state index is 0.637. The molecule has 0 saturated heterocycles. The molecule has 1 N–H and O–H groups in total. The molecule has 1 unspecified atom stereocenters. The van der Waals surface area contributed by atoms with Crippen molar-refractivity contribution < 1.29 is 0 Å². The van der Waals surface area contributed by atoms with Crippen molar-refractivity contribution in [3.05, 3.63) is 131 Å². The van der Waals surface area contributed by atoms with E-state index in [1.165, 1.54) is 45.5 Å². The maximum atomic E-state index is 2.92. The number of hydrogen-bond donors (Lipinski definition) is 1. The normalized spacial score (nSPS) is 17.2. The van der Waals surface area contributed by atoms with Crippen LogP contribution in [0.4, 0.5) is 0 Å². The van der Waals surface area contributed by atoms with Gasteiger partial charge in [-0.15, -0.1) is 0 Å². The molecule has 0 amide bonds. The summed E-state index contributed by atoms with van der Waals surface area (Å²) in [7, 11) is 0. The topological polar surface area (TPSA) is 12.0 Å². The Morgan fingerprint density at radius 3 is 2.31 bits per heavy atom. The van der Waals surface area contributed by atoms with Gasteiger partial charge in [0.1, 0.15) is 0 Å². The first kappa shape index (κ1) is 20.3. The molecule has 1 heterocycles. The van der Waals surface area contributed by atoms with E-state index in [9.17, 15) is 0 Å². The van der Waals surface area contributed by atoms with Crippen molar-refractivity contribution in [2.24, 2.45) is 0 Å². The van der Waals surface area contributed by atoms with Gasteiger partial charge >= 0.3 is 0 Å². The van der Waals surface area contributed by atoms with Crippen LogP contribution >= 0.6 is 0 Å². The lowest BCUT2D eigenvalue weighted by atomic mass is 9.80. The summed E-state index contributed by atoms with van der Waals surface area (Å²) in [5.41, 5.74) is 7.28. The van der Waals surface area contributed by atoms with Crippen molar-refractivity contribution in [2.75, 3.05) is 0 Å². The predicted molar refractivity (Wildman–Crippen MR) is 136 cm³/mol. The van der Waals surface area contributed by atoms with E-state index in [2.05, 4.69) is 84.2 Å². The molecule has 0 saturated carbocycles. The van der Waals surface area contributed by atoms with Crippen LogP contribution in [-0.2, 0) is 12.8 Å². The maximum absolute atomic E-state index is 2.92. The summed E-state index contributed by atoms with van der Waals surface area (Å²) in [6, 6.07) is 24.5. The van der Waals surface area contributed by atoms with Crippen LogP contribution in [0, 0.1) is 0 Å². The fourth-order valence-electron chi connectivity index (χ4n) is 4.97. The summed E-state index contributed by atoms with van der Waals surface area (Å²) in [4.78, 5) is 0. The molecule has 1 atom stereocenters. The van der Waals surface area contributed by atoms with Gasteiger partial charge in [0.05, 0.1) is 0 Å². The van der Waals surface area contributed by atoms with E-state index < -0.39 is 0 Å². The number of allylic oxidation sites excluding steroid dienone is 4. The van der Waals surface area contributed by atoms with Crippen LogP contribution < -0.4 is 15.8 Å². The molecule has 0 bridgehead atoms. The van der Waals surface area contributed by atoms with E-state index in [-0.39, 0.29) is 0 Å². The van der Waals surface area contributed by atoms with Crippen LogP contribution in [0.3, 0.4) is 0 Å². The Morgan fingerprint density at radius 2 is 1.47 bits per heavy atom. The number of hydrogen-bond acceptors (Lipinski definition) is 1. The number of fused-ring (bicyclic) bond motifs is 5. The molecule has 3 aromatic carbocycles. The molecule has 1 aliphatic heterocycles. The minimum atomic E-state index is 0.637. The molecule has 0 spiro atoms. The third-order valence-electron chi connectivity index (χ3n) is 6.50. The zero-order valence-corrected chi connectivity index (χ0v) is 18.4.